The van der Waals surface area contributed by atoms with Crippen LogP contribution >= 0.6 is 0 Å². The van der Waals surface area contributed by atoms with Gasteiger partial charge >= 0.3 is 0 Å². The fourth-order valence-corrected chi connectivity index (χ4v) is 2.80. The zero-order chi connectivity index (χ0) is 12.8. The van der Waals surface area contributed by atoms with E-state index in [1.54, 1.807) is 7.11 Å². The Hall–Kier alpha value is -0.980. The molecule has 3 aliphatic heterocycles. The van der Waals surface area contributed by atoms with Gasteiger partial charge in [-0.2, -0.15) is 0 Å². The summed E-state index contributed by atoms with van der Waals surface area (Å²) in [6, 6.07) is 9.92. The molecule has 0 radical (unpaired) electrons. The summed E-state index contributed by atoms with van der Waals surface area (Å²) in [5, 5.41) is 0. The van der Waals surface area contributed by atoms with Crippen LogP contribution < -0.4 is 0 Å². The molecule has 0 aliphatic carbocycles. The summed E-state index contributed by atoms with van der Waals surface area (Å²) < 4.78 is 28.4. The monoisotopic (exact) mass is 264 g/mol. The van der Waals surface area contributed by atoms with Gasteiger partial charge in [0.15, 0.2) is 12.6 Å². The van der Waals surface area contributed by atoms with E-state index in [4.69, 9.17) is 23.7 Å². The summed E-state index contributed by atoms with van der Waals surface area (Å²) in [6.45, 7) is 0.497. The fourth-order valence-electron chi connectivity index (χ4n) is 2.80. The van der Waals surface area contributed by atoms with Gasteiger partial charge in [0.25, 0.3) is 0 Å². The number of methoxy groups -OCH3 is 1. The number of hydrogen-bond acceptors (Lipinski definition) is 5. The van der Waals surface area contributed by atoms with E-state index in [2.05, 4.69) is 0 Å². The number of fused-ring (bicyclic) bond motifs is 3. The van der Waals surface area contributed by atoms with E-state index >= 15 is 0 Å². The van der Waals surface area contributed by atoms with Crippen molar-refractivity contribution in [3.63, 3.8) is 0 Å². The van der Waals surface area contributed by atoms with E-state index in [0.29, 0.717) is 6.61 Å². The van der Waals surface area contributed by atoms with Gasteiger partial charge < -0.3 is 23.7 Å². The third-order valence-electron chi connectivity index (χ3n) is 3.83. The summed E-state index contributed by atoms with van der Waals surface area (Å²) in [7, 11) is 1.63. The third-order valence-corrected chi connectivity index (χ3v) is 3.83. The van der Waals surface area contributed by atoms with Gasteiger partial charge in [-0.1, -0.05) is 30.3 Å². The molecule has 1 aromatic carbocycles. The quantitative estimate of drug-likeness (QED) is 0.752. The molecule has 5 heteroatoms. The smallest absolute Gasteiger partial charge is 0.186 e. The van der Waals surface area contributed by atoms with Crippen LogP contribution in [0, 0.1) is 0 Å². The molecular weight excluding hydrogens is 248 g/mol. The van der Waals surface area contributed by atoms with Crippen molar-refractivity contribution in [2.24, 2.45) is 0 Å². The number of ether oxygens (including phenoxy) is 5. The number of epoxide rings is 1. The normalized spacial score (nSPS) is 44.3. The van der Waals surface area contributed by atoms with Crippen LogP contribution in [0.4, 0.5) is 0 Å². The molecule has 0 aromatic heterocycles. The van der Waals surface area contributed by atoms with Crippen LogP contribution in [0.3, 0.4) is 0 Å². The summed E-state index contributed by atoms with van der Waals surface area (Å²) in [4.78, 5) is 0. The summed E-state index contributed by atoms with van der Waals surface area (Å²) in [6.07, 6.45) is -0.759. The Balaban J connectivity index is 1.50. The van der Waals surface area contributed by atoms with Crippen molar-refractivity contribution in [2.45, 2.75) is 37.0 Å². The van der Waals surface area contributed by atoms with E-state index in [1.165, 1.54) is 0 Å². The Bertz CT molecular complexity index is 450. The zero-order valence-electron chi connectivity index (χ0n) is 10.6. The largest absolute Gasteiger partial charge is 0.361 e. The average molecular weight is 264 g/mol. The first-order chi connectivity index (χ1) is 9.36. The molecule has 5 nitrogen and oxygen atoms in total. The molecule has 3 heterocycles. The van der Waals surface area contributed by atoms with Crippen LogP contribution in [0.1, 0.15) is 11.9 Å². The fraction of sp³-hybridized carbons (Fsp3) is 0.571. The lowest BCUT2D eigenvalue weighted by atomic mass is 10.0. The van der Waals surface area contributed by atoms with E-state index in [1.807, 2.05) is 30.3 Å². The lowest BCUT2D eigenvalue weighted by Gasteiger charge is -2.39. The van der Waals surface area contributed by atoms with Crippen molar-refractivity contribution in [2.75, 3.05) is 13.7 Å². The van der Waals surface area contributed by atoms with E-state index in [-0.39, 0.29) is 37.0 Å². The molecule has 0 N–H and O–H groups in total. The predicted octanol–water partition coefficient (Wildman–Crippen LogP) is 1.24. The van der Waals surface area contributed by atoms with Crippen LogP contribution in [0.2, 0.25) is 0 Å². The second kappa shape index (κ2) is 4.54. The van der Waals surface area contributed by atoms with Crippen molar-refractivity contribution in [1.82, 2.24) is 0 Å². The molecule has 1 aromatic rings. The Morgan fingerprint density at radius 3 is 2.63 bits per heavy atom. The Kier molecular flexibility index (Phi) is 2.82. The van der Waals surface area contributed by atoms with Crippen LogP contribution in [0.25, 0.3) is 0 Å². The van der Waals surface area contributed by atoms with Gasteiger partial charge in [-0.3, -0.25) is 0 Å². The highest BCUT2D eigenvalue weighted by molar-refractivity contribution is 5.17. The van der Waals surface area contributed by atoms with E-state index < -0.39 is 0 Å². The second-order valence-electron chi connectivity index (χ2n) is 5.02. The molecule has 3 unspecified atom stereocenters. The molecule has 3 saturated heterocycles. The van der Waals surface area contributed by atoms with Crippen LogP contribution in [0.15, 0.2) is 30.3 Å². The van der Waals surface area contributed by atoms with Crippen LogP contribution in [-0.2, 0) is 23.7 Å². The first kappa shape index (κ1) is 11.8. The molecule has 0 spiro atoms. The average Bonchev–Trinajstić information content (AvgIpc) is 3.27. The first-order valence-corrected chi connectivity index (χ1v) is 6.52. The number of rotatable bonds is 2. The molecule has 0 saturated carbocycles. The zero-order valence-corrected chi connectivity index (χ0v) is 10.6. The maximum Gasteiger partial charge on any atom is 0.186 e. The van der Waals surface area contributed by atoms with Gasteiger partial charge in [0.1, 0.15) is 24.4 Å². The maximum absolute atomic E-state index is 6.00. The molecule has 3 fully saturated rings. The summed E-state index contributed by atoms with van der Waals surface area (Å²) in [5.41, 5.74) is 1.02. The minimum atomic E-state index is -0.338. The van der Waals surface area contributed by atoms with Crippen molar-refractivity contribution in [1.29, 1.82) is 0 Å². The first-order valence-electron chi connectivity index (χ1n) is 6.52. The molecule has 19 heavy (non-hydrogen) atoms. The molecule has 6 atom stereocenters. The maximum atomic E-state index is 6.00. The lowest BCUT2D eigenvalue weighted by Crippen LogP contribution is -2.52. The Labute approximate surface area is 111 Å². The molecule has 0 amide bonds. The predicted molar refractivity (Wildman–Crippen MR) is 64.3 cm³/mol. The second-order valence-corrected chi connectivity index (χ2v) is 5.02. The molecular formula is C14H16O5. The van der Waals surface area contributed by atoms with Gasteiger partial charge in [-0.25, -0.2) is 0 Å². The van der Waals surface area contributed by atoms with Crippen molar-refractivity contribution in [3.05, 3.63) is 35.9 Å². The molecule has 0 bridgehead atoms. The minimum absolute atomic E-state index is 0.000716. The summed E-state index contributed by atoms with van der Waals surface area (Å²) >= 11 is 0. The van der Waals surface area contributed by atoms with Gasteiger partial charge in [-0.15, -0.1) is 0 Å². The number of hydrogen-bond donors (Lipinski definition) is 0. The van der Waals surface area contributed by atoms with Crippen molar-refractivity contribution >= 4 is 0 Å². The lowest BCUT2D eigenvalue weighted by molar-refractivity contribution is -0.304. The standard InChI is InChI=1S/C14H16O5/c1-15-14-12-11(18-12)10-9(17-14)7-16-13(19-10)8-5-3-2-4-6-8/h2-6,9-14H,7H2,1H3/t9-,10-,11?,12?,13?,14+/m1/s1. The van der Waals surface area contributed by atoms with Gasteiger partial charge in [0.2, 0.25) is 0 Å². The van der Waals surface area contributed by atoms with Crippen LogP contribution in [0.5, 0.6) is 0 Å². The third kappa shape index (κ3) is 1.98. The molecule has 102 valence electrons. The van der Waals surface area contributed by atoms with Crippen LogP contribution in [-0.4, -0.2) is 44.4 Å². The summed E-state index contributed by atoms with van der Waals surface area (Å²) in [5.74, 6) is 0. The molecule has 4 rings (SSSR count). The van der Waals surface area contributed by atoms with Gasteiger partial charge in [0.05, 0.1) is 6.61 Å². The van der Waals surface area contributed by atoms with E-state index in [9.17, 15) is 0 Å². The van der Waals surface area contributed by atoms with E-state index in [0.717, 1.165) is 5.56 Å². The Morgan fingerprint density at radius 1 is 1.00 bits per heavy atom. The topological polar surface area (TPSA) is 49.5 Å². The van der Waals surface area contributed by atoms with Crippen molar-refractivity contribution < 1.29 is 23.7 Å². The minimum Gasteiger partial charge on any atom is -0.361 e. The SMILES string of the molecule is CO[C@H]1O[C@@H]2COC(c3ccccc3)O[C@H]2C2OC21. The highest BCUT2D eigenvalue weighted by Crippen LogP contribution is 2.43. The number of benzene rings is 1. The highest BCUT2D eigenvalue weighted by atomic mass is 16.8. The van der Waals surface area contributed by atoms with Gasteiger partial charge in [0, 0.05) is 12.7 Å². The van der Waals surface area contributed by atoms with Crippen molar-refractivity contribution in [3.8, 4) is 0 Å². The Morgan fingerprint density at radius 2 is 1.84 bits per heavy atom. The van der Waals surface area contributed by atoms with Gasteiger partial charge in [-0.05, 0) is 0 Å². The highest BCUT2D eigenvalue weighted by Gasteiger charge is 2.60. The molecule has 3 aliphatic rings.